The summed E-state index contributed by atoms with van der Waals surface area (Å²) in [5, 5.41) is 4.93. The number of nitrogens with zero attached hydrogens (tertiary/aromatic N) is 8. The van der Waals surface area contributed by atoms with Crippen molar-refractivity contribution in [2.45, 2.75) is 39.5 Å². The fourth-order valence-corrected chi connectivity index (χ4v) is 3.49. The molecule has 0 bridgehead atoms. The zero-order valence-corrected chi connectivity index (χ0v) is 15.5. The van der Waals surface area contributed by atoms with E-state index < -0.39 is 0 Å². The van der Waals surface area contributed by atoms with Gasteiger partial charge >= 0.3 is 0 Å². The highest BCUT2D eigenvalue weighted by Gasteiger charge is 2.18. The van der Waals surface area contributed by atoms with Crippen molar-refractivity contribution in [2.75, 3.05) is 18.0 Å². The third kappa shape index (κ3) is 2.95. The summed E-state index contributed by atoms with van der Waals surface area (Å²) in [5.41, 5.74) is 1.88. The number of hydrogen-bond acceptors (Lipinski definition) is 6. The quantitative estimate of drug-likeness (QED) is 0.707. The first-order valence-electron chi connectivity index (χ1n) is 8.56. The minimum absolute atomic E-state index is 0.397. The van der Waals surface area contributed by atoms with Crippen LogP contribution in [0.5, 0.6) is 0 Å². The molecular weight excluding hydrogens is 340 g/mol. The smallest absolute Gasteiger partial charge is 0.244 e. The number of fused-ring (bicyclic) bond motifs is 1. The van der Waals surface area contributed by atoms with Crippen molar-refractivity contribution in [3.05, 3.63) is 28.3 Å². The van der Waals surface area contributed by atoms with Crippen LogP contribution in [0.3, 0.4) is 0 Å². The standard InChI is InChI=1S/C16H21ClN8/c1-10-11(2)25-14(17)19-12(20-15(25)18-10)6-7-13-21-16(22-23(13)3)24-8-4-5-9-24/h4-9H2,1-3H3. The molecule has 1 aliphatic rings. The third-order valence-corrected chi connectivity index (χ3v) is 5.02. The Hall–Kier alpha value is -2.22. The van der Waals surface area contributed by atoms with Gasteiger partial charge < -0.3 is 4.90 Å². The number of halogens is 1. The summed E-state index contributed by atoms with van der Waals surface area (Å²) in [6.07, 6.45) is 3.78. The molecule has 0 spiro atoms. The highest BCUT2D eigenvalue weighted by atomic mass is 35.5. The number of anilines is 1. The maximum absolute atomic E-state index is 6.32. The van der Waals surface area contributed by atoms with Gasteiger partial charge in [0.1, 0.15) is 11.6 Å². The van der Waals surface area contributed by atoms with E-state index in [0.717, 1.165) is 36.3 Å². The summed E-state index contributed by atoms with van der Waals surface area (Å²) in [6.45, 7) is 5.98. The second-order valence-corrected chi connectivity index (χ2v) is 6.81. The molecule has 0 N–H and O–H groups in total. The predicted molar refractivity (Wildman–Crippen MR) is 95.1 cm³/mol. The van der Waals surface area contributed by atoms with Crippen LogP contribution < -0.4 is 4.90 Å². The minimum atomic E-state index is 0.397. The van der Waals surface area contributed by atoms with E-state index in [-0.39, 0.29) is 0 Å². The van der Waals surface area contributed by atoms with E-state index in [0.29, 0.717) is 29.7 Å². The van der Waals surface area contributed by atoms with Crippen LogP contribution in [0.4, 0.5) is 5.95 Å². The lowest BCUT2D eigenvalue weighted by atomic mass is 10.3. The average Bonchev–Trinajstić information content (AvgIpc) is 3.27. The molecule has 1 aliphatic heterocycles. The van der Waals surface area contributed by atoms with E-state index >= 15 is 0 Å². The maximum atomic E-state index is 6.32. The van der Waals surface area contributed by atoms with Gasteiger partial charge in [0.25, 0.3) is 0 Å². The van der Waals surface area contributed by atoms with E-state index in [9.17, 15) is 0 Å². The van der Waals surface area contributed by atoms with E-state index in [4.69, 9.17) is 11.6 Å². The molecule has 1 saturated heterocycles. The molecule has 25 heavy (non-hydrogen) atoms. The van der Waals surface area contributed by atoms with Crippen LogP contribution in [0.15, 0.2) is 0 Å². The van der Waals surface area contributed by atoms with Crippen molar-refractivity contribution in [2.24, 2.45) is 7.05 Å². The average molecular weight is 361 g/mol. The summed E-state index contributed by atoms with van der Waals surface area (Å²) in [7, 11) is 1.93. The third-order valence-electron chi connectivity index (χ3n) is 4.76. The van der Waals surface area contributed by atoms with Gasteiger partial charge in [-0.1, -0.05) is 0 Å². The normalized spacial score (nSPS) is 14.8. The second-order valence-electron chi connectivity index (χ2n) is 6.47. The first-order valence-corrected chi connectivity index (χ1v) is 8.93. The molecular formula is C16H21ClN8. The van der Waals surface area contributed by atoms with Gasteiger partial charge in [-0.05, 0) is 38.3 Å². The summed E-state index contributed by atoms with van der Waals surface area (Å²) in [6, 6.07) is 0. The van der Waals surface area contributed by atoms with Crippen molar-refractivity contribution in [1.29, 1.82) is 0 Å². The molecule has 0 aliphatic carbocycles. The first-order chi connectivity index (χ1) is 12.0. The minimum Gasteiger partial charge on any atom is -0.340 e. The molecule has 3 aromatic heterocycles. The van der Waals surface area contributed by atoms with Crippen LogP contribution in [0.1, 0.15) is 35.9 Å². The van der Waals surface area contributed by atoms with Crippen LogP contribution in [-0.4, -0.2) is 47.2 Å². The molecule has 0 saturated carbocycles. The maximum Gasteiger partial charge on any atom is 0.244 e. The monoisotopic (exact) mass is 360 g/mol. The van der Waals surface area contributed by atoms with Gasteiger partial charge in [-0.3, -0.25) is 9.08 Å². The second kappa shape index (κ2) is 6.25. The van der Waals surface area contributed by atoms with Gasteiger partial charge in [0.2, 0.25) is 17.0 Å². The fraction of sp³-hybridized carbons (Fsp3) is 0.562. The van der Waals surface area contributed by atoms with Gasteiger partial charge in [-0.2, -0.15) is 9.97 Å². The zero-order valence-electron chi connectivity index (χ0n) is 14.7. The first kappa shape index (κ1) is 16.3. The molecule has 0 amide bonds. The molecule has 0 radical (unpaired) electrons. The Bertz CT molecular complexity index is 922. The number of aryl methyl sites for hydroxylation is 5. The Kier molecular flexibility index (Phi) is 4.07. The Balaban J connectivity index is 1.54. The van der Waals surface area contributed by atoms with Crippen LogP contribution in [0, 0.1) is 13.8 Å². The van der Waals surface area contributed by atoms with Crippen molar-refractivity contribution in [3.8, 4) is 0 Å². The Morgan fingerprint density at radius 2 is 1.76 bits per heavy atom. The topological polar surface area (TPSA) is 77.0 Å². The zero-order chi connectivity index (χ0) is 17.6. The van der Waals surface area contributed by atoms with Crippen LogP contribution in [0.25, 0.3) is 5.78 Å². The molecule has 0 aromatic carbocycles. The highest BCUT2D eigenvalue weighted by molar-refractivity contribution is 6.28. The summed E-state index contributed by atoms with van der Waals surface area (Å²) in [4.78, 5) is 20.3. The fourth-order valence-electron chi connectivity index (χ4n) is 3.19. The molecule has 4 heterocycles. The number of rotatable bonds is 4. The van der Waals surface area contributed by atoms with Gasteiger partial charge in [-0.15, -0.1) is 5.10 Å². The molecule has 3 aromatic rings. The molecule has 0 atom stereocenters. The van der Waals surface area contributed by atoms with Crippen molar-refractivity contribution >= 4 is 23.3 Å². The highest BCUT2D eigenvalue weighted by Crippen LogP contribution is 2.18. The Morgan fingerprint density at radius 1 is 1.00 bits per heavy atom. The lowest BCUT2D eigenvalue weighted by molar-refractivity contribution is 0.680. The summed E-state index contributed by atoms with van der Waals surface area (Å²) in [5.74, 6) is 3.02. The lowest BCUT2D eigenvalue weighted by Gasteiger charge is -2.10. The van der Waals surface area contributed by atoms with Gasteiger partial charge in [0, 0.05) is 38.7 Å². The molecule has 8 nitrogen and oxygen atoms in total. The van der Waals surface area contributed by atoms with Gasteiger partial charge in [0.15, 0.2) is 0 Å². The predicted octanol–water partition coefficient (Wildman–Crippen LogP) is 1.91. The molecule has 1 fully saturated rings. The molecule has 9 heteroatoms. The Morgan fingerprint density at radius 3 is 2.52 bits per heavy atom. The van der Waals surface area contributed by atoms with Crippen molar-refractivity contribution in [3.63, 3.8) is 0 Å². The Labute approximate surface area is 150 Å². The lowest BCUT2D eigenvalue weighted by Crippen LogP contribution is -2.19. The van der Waals surface area contributed by atoms with Crippen molar-refractivity contribution < 1.29 is 0 Å². The van der Waals surface area contributed by atoms with Crippen LogP contribution >= 0.6 is 11.6 Å². The number of imidazole rings is 1. The van der Waals surface area contributed by atoms with E-state index in [1.54, 1.807) is 4.40 Å². The van der Waals surface area contributed by atoms with Crippen LogP contribution in [-0.2, 0) is 19.9 Å². The van der Waals surface area contributed by atoms with Crippen molar-refractivity contribution in [1.82, 2.24) is 34.1 Å². The SMILES string of the molecule is Cc1nc2nc(CCc3nc(N4CCCC4)nn3C)nc(Cl)n2c1C. The molecule has 0 unspecified atom stereocenters. The summed E-state index contributed by atoms with van der Waals surface area (Å²) >= 11 is 6.32. The van der Waals surface area contributed by atoms with Gasteiger partial charge in [-0.25, -0.2) is 9.97 Å². The van der Waals surface area contributed by atoms with E-state index in [2.05, 4.69) is 29.9 Å². The van der Waals surface area contributed by atoms with Crippen LogP contribution in [0.2, 0.25) is 5.28 Å². The van der Waals surface area contributed by atoms with Gasteiger partial charge in [0.05, 0.1) is 5.69 Å². The largest absolute Gasteiger partial charge is 0.340 e. The summed E-state index contributed by atoms with van der Waals surface area (Å²) < 4.78 is 3.62. The van der Waals surface area contributed by atoms with E-state index in [1.807, 2.05) is 25.6 Å². The number of aromatic nitrogens is 7. The molecule has 4 rings (SSSR count). The number of hydrogen-bond donors (Lipinski definition) is 0. The van der Waals surface area contributed by atoms with E-state index in [1.165, 1.54) is 12.8 Å². The molecule has 132 valence electrons.